The number of benzene rings is 4. The molecular weight excluding hydrogens is 808 g/mol. The van der Waals surface area contributed by atoms with Crippen molar-refractivity contribution in [1.82, 2.24) is 19.8 Å². The predicted octanol–water partition coefficient (Wildman–Crippen LogP) is 7.82. The first-order chi connectivity index (χ1) is 25.6. The maximum absolute atomic E-state index is 15.9. The van der Waals surface area contributed by atoms with Crippen LogP contribution in [0.5, 0.6) is 5.75 Å². The molecule has 0 aliphatic carbocycles. The van der Waals surface area contributed by atoms with E-state index in [1.807, 2.05) is 54.3 Å². The van der Waals surface area contributed by atoms with E-state index in [4.69, 9.17) is 16.3 Å². The minimum Gasteiger partial charge on any atom is -0.493 e. The molecule has 1 aliphatic rings. The Morgan fingerprint density at radius 3 is 2.62 bits per heavy atom. The molecule has 0 spiro atoms. The molecule has 5 aromatic rings. The van der Waals surface area contributed by atoms with Crippen LogP contribution in [0.4, 0.5) is 10.2 Å². The Labute approximate surface area is 326 Å². The lowest BCUT2D eigenvalue weighted by Crippen LogP contribution is -2.54. The zero-order valence-corrected chi connectivity index (χ0v) is 32.5. The second-order valence-corrected chi connectivity index (χ2v) is 14.4. The summed E-state index contributed by atoms with van der Waals surface area (Å²) in [7, 11) is 0. The molecule has 1 atom stereocenters. The molecule has 2 heterocycles. The van der Waals surface area contributed by atoms with Gasteiger partial charge in [0, 0.05) is 51.8 Å². The van der Waals surface area contributed by atoms with Gasteiger partial charge in [0.1, 0.15) is 17.4 Å². The molecule has 4 aromatic carbocycles. The van der Waals surface area contributed by atoms with Crippen molar-refractivity contribution in [2.45, 2.75) is 39.2 Å². The molecule has 1 N–H and O–H groups in total. The van der Waals surface area contributed by atoms with E-state index in [1.165, 1.54) is 12.1 Å². The number of halogens is 3. The predicted molar refractivity (Wildman–Crippen MR) is 217 cm³/mol. The standard InChI is InChI=1S/C41H40ClFIN5O4/c1-4-12-27-13-6-9-17-34(27)49-35-24-29(31(42)23-30(35)39(46-41(49)52)48-21-20-47(25-26(48)3)37(50)5-2)38-32(43)15-10-18-36(38)53-22-11-19-45-40(51)28-14-7-8-16-33(28)44/h5-10,13-18,23-24,26H,2,4,11-12,19-22,25H2,1,3H3,(H,45,51)/t26-/m0/s1. The number of nitrogens with one attached hydrogen (secondary N) is 1. The van der Waals surface area contributed by atoms with Crippen LogP contribution >= 0.6 is 34.2 Å². The van der Waals surface area contributed by atoms with Crippen LogP contribution in [-0.2, 0) is 11.2 Å². The number of para-hydroxylation sites is 1. The summed E-state index contributed by atoms with van der Waals surface area (Å²) >= 11 is 9.18. The number of piperazine rings is 1. The van der Waals surface area contributed by atoms with Gasteiger partial charge in [-0.3, -0.25) is 14.2 Å². The van der Waals surface area contributed by atoms with Gasteiger partial charge in [-0.25, -0.2) is 9.18 Å². The quantitative estimate of drug-likeness (QED) is 0.0782. The highest BCUT2D eigenvalue weighted by atomic mass is 127. The molecule has 0 radical (unpaired) electrons. The average molecular weight is 848 g/mol. The van der Waals surface area contributed by atoms with Crippen LogP contribution < -0.4 is 20.6 Å². The van der Waals surface area contributed by atoms with Crippen LogP contribution in [0.25, 0.3) is 27.7 Å². The molecule has 1 fully saturated rings. The highest BCUT2D eigenvalue weighted by molar-refractivity contribution is 14.1. The molecule has 274 valence electrons. The van der Waals surface area contributed by atoms with E-state index in [0.717, 1.165) is 22.0 Å². The summed E-state index contributed by atoms with van der Waals surface area (Å²) in [6.07, 6.45) is 3.38. The molecule has 2 amide bonds. The minimum absolute atomic E-state index is 0.153. The highest BCUT2D eigenvalue weighted by Gasteiger charge is 2.30. The molecule has 1 aromatic heterocycles. The molecule has 9 nitrogen and oxygen atoms in total. The van der Waals surface area contributed by atoms with Crippen molar-refractivity contribution < 1.29 is 18.7 Å². The molecule has 0 unspecified atom stereocenters. The van der Waals surface area contributed by atoms with Gasteiger partial charge in [-0.15, -0.1) is 0 Å². The van der Waals surface area contributed by atoms with Gasteiger partial charge in [0.05, 0.1) is 28.9 Å². The number of amides is 2. The SMILES string of the molecule is C=CC(=O)N1CCN(c2nc(=O)n(-c3ccccc3CCC)c3cc(-c4c(F)cccc4OCCCNC(=O)c4ccccc4I)c(Cl)cc23)[C@@H](C)C1. The summed E-state index contributed by atoms with van der Waals surface area (Å²) in [4.78, 5) is 47.6. The van der Waals surface area contributed by atoms with Crippen molar-refractivity contribution in [3.8, 4) is 22.6 Å². The lowest BCUT2D eigenvalue weighted by atomic mass is 10.0. The maximum Gasteiger partial charge on any atom is 0.354 e. The second kappa shape index (κ2) is 16.9. The number of carbonyl (C=O) groups is 2. The first-order valence-electron chi connectivity index (χ1n) is 17.6. The van der Waals surface area contributed by atoms with Crippen molar-refractivity contribution in [2.75, 3.05) is 37.7 Å². The fraction of sp³-hybridized carbons (Fsp3) is 0.268. The number of carbonyl (C=O) groups excluding carboxylic acids is 2. The maximum atomic E-state index is 15.9. The van der Waals surface area contributed by atoms with E-state index in [-0.39, 0.29) is 40.8 Å². The molecular formula is C41H40ClFIN5O4. The third kappa shape index (κ3) is 8.11. The topological polar surface area (TPSA) is 96.8 Å². The molecule has 1 aliphatic heterocycles. The monoisotopic (exact) mass is 847 g/mol. The van der Waals surface area contributed by atoms with E-state index in [1.54, 1.807) is 39.8 Å². The van der Waals surface area contributed by atoms with Crippen LogP contribution in [0.1, 0.15) is 42.6 Å². The Bertz CT molecular complexity index is 2240. The average Bonchev–Trinajstić information content (AvgIpc) is 3.15. The molecule has 12 heteroatoms. The number of rotatable bonds is 12. The number of hydrogen-bond donors (Lipinski definition) is 1. The van der Waals surface area contributed by atoms with Crippen LogP contribution in [0.3, 0.4) is 0 Å². The largest absolute Gasteiger partial charge is 0.493 e. The summed E-state index contributed by atoms with van der Waals surface area (Å²) in [6, 6.07) is 22.9. The van der Waals surface area contributed by atoms with Crippen molar-refractivity contribution >= 4 is 62.7 Å². The van der Waals surface area contributed by atoms with Crippen LogP contribution in [-0.4, -0.2) is 65.1 Å². The highest BCUT2D eigenvalue weighted by Crippen LogP contribution is 2.41. The Balaban J connectivity index is 1.39. The molecule has 0 bridgehead atoms. The number of anilines is 1. The molecule has 1 saturated heterocycles. The number of nitrogens with zero attached hydrogens (tertiary/aromatic N) is 4. The molecule has 6 rings (SSSR count). The number of hydrogen-bond acceptors (Lipinski definition) is 6. The van der Waals surface area contributed by atoms with Gasteiger partial charge in [-0.2, -0.15) is 4.98 Å². The van der Waals surface area contributed by atoms with E-state index < -0.39 is 11.5 Å². The van der Waals surface area contributed by atoms with Crippen molar-refractivity contribution in [2.24, 2.45) is 0 Å². The summed E-state index contributed by atoms with van der Waals surface area (Å²) < 4.78 is 24.5. The number of aryl methyl sites for hydroxylation is 1. The van der Waals surface area contributed by atoms with Gasteiger partial charge >= 0.3 is 5.69 Å². The van der Waals surface area contributed by atoms with Crippen molar-refractivity contribution in [3.05, 3.63) is 128 Å². The minimum atomic E-state index is -0.540. The van der Waals surface area contributed by atoms with Crippen LogP contribution in [0.2, 0.25) is 5.02 Å². The lowest BCUT2D eigenvalue weighted by Gasteiger charge is -2.40. The molecule has 53 heavy (non-hydrogen) atoms. The van der Waals surface area contributed by atoms with Gasteiger partial charge in [0.25, 0.3) is 5.91 Å². The summed E-state index contributed by atoms with van der Waals surface area (Å²) in [5.41, 5.74) is 2.78. The van der Waals surface area contributed by atoms with Crippen LogP contribution in [0.15, 0.2) is 96.3 Å². The van der Waals surface area contributed by atoms with Crippen molar-refractivity contribution in [3.63, 3.8) is 0 Å². The first-order valence-corrected chi connectivity index (χ1v) is 19.1. The zero-order valence-electron chi connectivity index (χ0n) is 29.6. The van der Waals surface area contributed by atoms with E-state index in [0.29, 0.717) is 66.1 Å². The van der Waals surface area contributed by atoms with Crippen molar-refractivity contribution in [1.29, 1.82) is 0 Å². The normalized spacial score (nSPS) is 14.3. The fourth-order valence-electron chi connectivity index (χ4n) is 6.77. The van der Waals surface area contributed by atoms with Gasteiger partial charge in [0.2, 0.25) is 5.91 Å². The van der Waals surface area contributed by atoms with Gasteiger partial charge < -0.3 is 19.9 Å². The molecule has 0 saturated carbocycles. The Morgan fingerprint density at radius 1 is 1.09 bits per heavy atom. The zero-order chi connectivity index (χ0) is 37.6. The Kier molecular flexibility index (Phi) is 12.1. The van der Waals surface area contributed by atoms with Crippen LogP contribution in [0, 0.1) is 9.39 Å². The van der Waals surface area contributed by atoms with E-state index >= 15 is 4.39 Å². The number of aromatic nitrogens is 2. The third-order valence-electron chi connectivity index (χ3n) is 9.33. The number of fused-ring (bicyclic) bond motifs is 1. The van der Waals surface area contributed by atoms with E-state index in [2.05, 4.69) is 46.4 Å². The van der Waals surface area contributed by atoms with E-state index in [9.17, 15) is 14.4 Å². The Morgan fingerprint density at radius 2 is 1.87 bits per heavy atom. The Hall–Kier alpha value is -4.75. The third-order valence-corrected chi connectivity index (χ3v) is 10.6. The van der Waals surface area contributed by atoms with Gasteiger partial charge in [-0.1, -0.05) is 67.9 Å². The first kappa shape index (κ1) is 38.0. The summed E-state index contributed by atoms with van der Waals surface area (Å²) in [6.45, 7) is 9.53. The van der Waals surface area contributed by atoms with Gasteiger partial charge in [0.15, 0.2) is 0 Å². The smallest absolute Gasteiger partial charge is 0.354 e. The summed E-state index contributed by atoms with van der Waals surface area (Å²) in [5, 5.41) is 3.78. The second-order valence-electron chi connectivity index (χ2n) is 12.9. The van der Waals surface area contributed by atoms with Gasteiger partial charge in [-0.05, 0) is 96.5 Å². The fourth-order valence-corrected chi connectivity index (χ4v) is 7.66. The summed E-state index contributed by atoms with van der Waals surface area (Å²) in [5.74, 6) is -0.146. The lowest BCUT2D eigenvalue weighted by molar-refractivity contribution is -0.126. The number of ether oxygens (including phenoxy) is 1.